The van der Waals surface area contributed by atoms with Crippen LogP contribution in [0.1, 0.15) is 13.8 Å². The Bertz CT molecular complexity index is 894. The summed E-state index contributed by atoms with van der Waals surface area (Å²) in [6.07, 6.45) is 1.79. The normalized spacial score (nSPS) is 10.8. The molecule has 2 aromatic carbocycles. The van der Waals surface area contributed by atoms with Crippen molar-refractivity contribution >= 4 is 28.0 Å². The number of rotatable bonds is 5. The van der Waals surface area contributed by atoms with Gasteiger partial charge in [0.2, 0.25) is 0 Å². The second kappa shape index (κ2) is 6.54. The zero-order valence-electron chi connectivity index (χ0n) is 13.4. The van der Waals surface area contributed by atoms with Crippen molar-refractivity contribution in [3.8, 4) is 5.75 Å². The summed E-state index contributed by atoms with van der Waals surface area (Å²) in [4.78, 5) is 14.9. The van der Waals surface area contributed by atoms with Crippen LogP contribution in [0.15, 0.2) is 54.7 Å². The van der Waals surface area contributed by atoms with E-state index in [0.29, 0.717) is 5.69 Å². The van der Waals surface area contributed by atoms with Crippen molar-refractivity contribution in [1.82, 2.24) is 4.98 Å². The number of ether oxygens (including phenoxy) is 1. The van der Waals surface area contributed by atoms with Gasteiger partial charge in [-0.15, -0.1) is 0 Å². The predicted octanol–water partition coefficient (Wildman–Crippen LogP) is 4.67. The average molecular weight is 323 g/mol. The molecule has 6 nitrogen and oxygen atoms in total. The number of nitrogens with zero attached hydrogens (tertiary/aromatic N) is 2. The number of nitrogens with one attached hydrogen (secondary N) is 1. The summed E-state index contributed by atoms with van der Waals surface area (Å²) in [6.45, 7) is 3.94. The molecular weight excluding hydrogens is 306 g/mol. The molecule has 0 aliphatic heterocycles. The third kappa shape index (κ3) is 3.43. The number of non-ortho nitro benzene ring substituents is 1. The summed E-state index contributed by atoms with van der Waals surface area (Å²) < 4.78 is 5.69. The smallest absolute Gasteiger partial charge is 0.271 e. The number of hydrogen-bond donors (Lipinski definition) is 1. The van der Waals surface area contributed by atoms with Gasteiger partial charge in [0.15, 0.2) is 0 Å². The number of fused-ring (bicyclic) bond motifs is 1. The highest BCUT2D eigenvalue weighted by Gasteiger charge is 2.08. The summed E-state index contributed by atoms with van der Waals surface area (Å²) >= 11 is 0. The summed E-state index contributed by atoms with van der Waals surface area (Å²) in [6, 6.07) is 13.9. The number of anilines is 2. The van der Waals surface area contributed by atoms with Crippen LogP contribution in [-0.2, 0) is 0 Å². The Labute approximate surface area is 139 Å². The molecule has 0 atom stereocenters. The van der Waals surface area contributed by atoms with Crippen molar-refractivity contribution in [2.24, 2.45) is 0 Å². The van der Waals surface area contributed by atoms with Gasteiger partial charge in [0.05, 0.1) is 16.5 Å². The zero-order valence-corrected chi connectivity index (χ0v) is 13.4. The first kappa shape index (κ1) is 15.7. The quantitative estimate of drug-likeness (QED) is 0.545. The lowest BCUT2D eigenvalue weighted by Crippen LogP contribution is -2.05. The molecule has 0 aliphatic carbocycles. The number of nitro benzene ring substituents is 1. The van der Waals surface area contributed by atoms with E-state index in [0.717, 1.165) is 22.3 Å². The first-order valence-electron chi connectivity index (χ1n) is 7.60. The lowest BCUT2D eigenvalue weighted by molar-refractivity contribution is -0.384. The van der Waals surface area contributed by atoms with Crippen molar-refractivity contribution in [3.05, 3.63) is 64.8 Å². The number of pyridine rings is 1. The number of nitro groups is 1. The van der Waals surface area contributed by atoms with Crippen LogP contribution >= 0.6 is 0 Å². The summed E-state index contributed by atoms with van der Waals surface area (Å²) in [7, 11) is 0. The molecule has 0 saturated heterocycles. The maximum atomic E-state index is 10.9. The summed E-state index contributed by atoms with van der Waals surface area (Å²) in [5, 5.41) is 15.0. The highest BCUT2D eigenvalue weighted by molar-refractivity contribution is 5.93. The fourth-order valence-electron chi connectivity index (χ4n) is 2.44. The first-order valence-corrected chi connectivity index (χ1v) is 7.60. The molecule has 24 heavy (non-hydrogen) atoms. The fraction of sp³-hybridized carbons (Fsp3) is 0.167. The van der Waals surface area contributed by atoms with Crippen LogP contribution in [0.5, 0.6) is 5.75 Å². The van der Waals surface area contributed by atoms with E-state index in [1.807, 2.05) is 38.1 Å². The molecule has 0 bridgehead atoms. The van der Waals surface area contributed by atoms with Gasteiger partial charge in [-0.3, -0.25) is 15.1 Å². The topological polar surface area (TPSA) is 77.3 Å². The Balaban J connectivity index is 1.95. The molecule has 1 aromatic heterocycles. The summed E-state index contributed by atoms with van der Waals surface area (Å²) in [5.74, 6) is 0.762. The Kier molecular flexibility index (Phi) is 4.29. The third-order valence-electron chi connectivity index (χ3n) is 3.42. The van der Waals surface area contributed by atoms with Crippen LogP contribution in [0, 0.1) is 10.1 Å². The molecule has 0 radical (unpaired) electrons. The van der Waals surface area contributed by atoms with Gasteiger partial charge in [-0.2, -0.15) is 0 Å². The monoisotopic (exact) mass is 323 g/mol. The van der Waals surface area contributed by atoms with Gasteiger partial charge in [-0.1, -0.05) is 6.07 Å². The van der Waals surface area contributed by atoms with Crippen LogP contribution < -0.4 is 10.1 Å². The van der Waals surface area contributed by atoms with Gasteiger partial charge in [0.25, 0.3) is 5.69 Å². The SMILES string of the molecule is CC(C)Oc1ccc2c(Nc3cccc([N+](=O)[O-])c3)ccnc2c1. The minimum atomic E-state index is -0.411. The van der Waals surface area contributed by atoms with E-state index in [-0.39, 0.29) is 11.8 Å². The number of hydrogen-bond acceptors (Lipinski definition) is 5. The standard InChI is InChI=1S/C18H17N3O3/c1-12(2)24-15-6-7-16-17(8-9-19-18(16)11-15)20-13-4-3-5-14(10-13)21(22)23/h3-12H,1-2H3,(H,19,20). The van der Waals surface area contributed by atoms with E-state index in [1.165, 1.54) is 12.1 Å². The lowest BCUT2D eigenvalue weighted by Gasteiger charge is -2.12. The molecular formula is C18H17N3O3. The second-order valence-corrected chi connectivity index (χ2v) is 5.64. The molecule has 0 unspecified atom stereocenters. The molecule has 6 heteroatoms. The van der Waals surface area contributed by atoms with Crippen molar-refractivity contribution in [1.29, 1.82) is 0 Å². The second-order valence-electron chi connectivity index (χ2n) is 5.64. The minimum absolute atomic E-state index is 0.0472. The Morgan fingerprint density at radius 2 is 2.00 bits per heavy atom. The minimum Gasteiger partial charge on any atom is -0.491 e. The maximum Gasteiger partial charge on any atom is 0.271 e. The molecule has 1 heterocycles. The van der Waals surface area contributed by atoms with Crippen molar-refractivity contribution in [3.63, 3.8) is 0 Å². The van der Waals surface area contributed by atoms with E-state index in [4.69, 9.17) is 4.74 Å². The Morgan fingerprint density at radius 1 is 1.17 bits per heavy atom. The lowest BCUT2D eigenvalue weighted by atomic mass is 10.1. The Hall–Kier alpha value is -3.15. The van der Waals surface area contributed by atoms with E-state index in [2.05, 4.69) is 10.3 Å². The van der Waals surface area contributed by atoms with E-state index in [1.54, 1.807) is 18.3 Å². The van der Waals surface area contributed by atoms with Gasteiger partial charge in [-0.25, -0.2) is 0 Å². The largest absolute Gasteiger partial charge is 0.491 e. The van der Waals surface area contributed by atoms with Crippen LogP contribution in [0.25, 0.3) is 10.9 Å². The van der Waals surface area contributed by atoms with Gasteiger partial charge < -0.3 is 10.1 Å². The highest BCUT2D eigenvalue weighted by atomic mass is 16.6. The number of benzene rings is 2. The molecule has 0 fully saturated rings. The molecule has 0 saturated carbocycles. The van der Waals surface area contributed by atoms with Gasteiger partial charge in [0.1, 0.15) is 5.75 Å². The molecule has 0 spiro atoms. The third-order valence-corrected chi connectivity index (χ3v) is 3.42. The highest BCUT2D eigenvalue weighted by Crippen LogP contribution is 2.29. The van der Waals surface area contributed by atoms with Crippen molar-refractivity contribution in [2.75, 3.05) is 5.32 Å². The van der Waals surface area contributed by atoms with Crippen LogP contribution in [0.3, 0.4) is 0 Å². The van der Waals surface area contributed by atoms with E-state index >= 15 is 0 Å². The van der Waals surface area contributed by atoms with Crippen LogP contribution in [0.2, 0.25) is 0 Å². The number of aromatic nitrogens is 1. The van der Waals surface area contributed by atoms with Gasteiger partial charge in [0, 0.05) is 41.2 Å². The van der Waals surface area contributed by atoms with Gasteiger partial charge in [-0.05, 0) is 38.1 Å². The molecule has 3 aromatic rings. The van der Waals surface area contributed by atoms with Crippen molar-refractivity contribution < 1.29 is 9.66 Å². The maximum absolute atomic E-state index is 10.9. The van der Waals surface area contributed by atoms with E-state index < -0.39 is 4.92 Å². The molecule has 3 rings (SSSR count). The van der Waals surface area contributed by atoms with Crippen molar-refractivity contribution in [2.45, 2.75) is 20.0 Å². The zero-order chi connectivity index (χ0) is 17.1. The summed E-state index contributed by atoms with van der Waals surface area (Å²) in [5.41, 5.74) is 2.32. The Morgan fingerprint density at radius 3 is 2.75 bits per heavy atom. The predicted molar refractivity (Wildman–Crippen MR) is 93.9 cm³/mol. The first-order chi connectivity index (χ1) is 11.5. The average Bonchev–Trinajstić information content (AvgIpc) is 2.54. The molecule has 1 N–H and O–H groups in total. The fourth-order valence-corrected chi connectivity index (χ4v) is 2.44. The molecule has 122 valence electrons. The van der Waals surface area contributed by atoms with Crippen LogP contribution in [0.4, 0.5) is 17.1 Å². The molecule has 0 aliphatic rings. The molecule has 0 amide bonds. The van der Waals surface area contributed by atoms with Gasteiger partial charge >= 0.3 is 0 Å². The van der Waals surface area contributed by atoms with Crippen LogP contribution in [-0.4, -0.2) is 16.0 Å². The van der Waals surface area contributed by atoms with E-state index in [9.17, 15) is 10.1 Å².